The second-order valence-electron chi connectivity index (χ2n) is 22.9. The van der Waals surface area contributed by atoms with Crippen LogP contribution in [-0.4, -0.2) is 191 Å². The zero-order valence-corrected chi connectivity index (χ0v) is 40.0. The molecule has 3 aliphatic heterocycles. The summed E-state index contributed by atoms with van der Waals surface area (Å²) in [5.74, 6) is 1.32. The van der Waals surface area contributed by atoms with E-state index < -0.39 is 129 Å². The highest BCUT2D eigenvalue weighted by atomic mass is 16.8. The molecule has 0 aromatic carbocycles. The highest BCUT2D eigenvalue weighted by Crippen LogP contribution is 2.75. The maximum atomic E-state index is 11.5. The first-order chi connectivity index (χ1) is 30.8. The van der Waals surface area contributed by atoms with Crippen LogP contribution in [0.5, 0.6) is 0 Å². The Morgan fingerprint density at radius 2 is 1.17 bits per heavy atom. The summed E-state index contributed by atoms with van der Waals surface area (Å²) in [6.07, 6.45) is -13.6. The smallest absolute Gasteiger partial charge is 0.187 e. The topological polar surface area (TPSA) is 298 Å². The largest absolute Gasteiger partial charge is 0.394 e. The summed E-state index contributed by atoms with van der Waals surface area (Å²) in [7, 11) is 0. The highest BCUT2D eigenvalue weighted by Gasteiger charge is 2.68. The van der Waals surface area contributed by atoms with Crippen LogP contribution in [0.25, 0.3) is 0 Å². The van der Waals surface area contributed by atoms with E-state index >= 15 is 0 Å². The van der Waals surface area contributed by atoms with Gasteiger partial charge in [-0.1, -0.05) is 53.2 Å². The summed E-state index contributed by atoms with van der Waals surface area (Å²) in [6.45, 7) is 15.4. The van der Waals surface area contributed by atoms with E-state index in [2.05, 4.69) is 47.6 Å². The van der Waals surface area contributed by atoms with Crippen molar-refractivity contribution in [2.75, 3.05) is 19.8 Å². The quantitative estimate of drug-likeness (QED) is 0.102. The average Bonchev–Trinajstić information content (AvgIpc) is 3.55. The first-order valence-corrected chi connectivity index (χ1v) is 24.4. The van der Waals surface area contributed by atoms with Gasteiger partial charge in [0.15, 0.2) is 18.9 Å². The van der Waals surface area contributed by atoms with Crippen LogP contribution in [0, 0.1) is 45.3 Å². The number of ether oxygens (including phenoxy) is 6. The van der Waals surface area contributed by atoms with Crippen molar-refractivity contribution in [2.24, 2.45) is 45.3 Å². The van der Waals surface area contributed by atoms with E-state index in [0.29, 0.717) is 30.6 Å². The molecule has 18 nitrogen and oxygen atoms in total. The summed E-state index contributed by atoms with van der Waals surface area (Å²) < 4.78 is 36.0. The van der Waals surface area contributed by atoms with Crippen molar-refractivity contribution in [3.05, 3.63) is 11.6 Å². The first kappa shape index (κ1) is 52.8. The van der Waals surface area contributed by atoms with Crippen LogP contribution >= 0.6 is 0 Å². The molecule has 6 fully saturated rings. The number of aliphatic hydroxyl groups excluding tert-OH is 11. The van der Waals surface area contributed by atoms with Gasteiger partial charge in [-0.05, 0) is 112 Å². The molecule has 18 heteroatoms. The zero-order chi connectivity index (χ0) is 48.6. The molecule has 66 heavy (non-hydrogen) atoms. The molecular formula is C48H82O18. The predicted molar refractivity (Wildman–Crippen MR) is 234 cm³/mol. The normalized spacial score (nSPS) is 50.4. The molecule has 0 bridgehead atoms. The summed E-state index contributed by atoms with van der Waals surface area (Å²) in [4.78, 5) is 0. The van der Waals surface area contributed by atoms with Gasteiger partial charge in [0, 0.05) is 5.41 Å². The monoisotopic (exact) mass is 947 g/mol. The van der Waals surface area contributed by atoms with Gasteiger partial charge in [0.2, 0.25) is 0 Å². The molecule has 3 heterocycles. The van der Waals surface area contributed by atoms with Gasteiger partial charge in [0.05, 0.1) is 37.6 Å². The number of fused-ring (bicyclic) bond motifs is 5. The van der Waals surface area contributed by atoms with Gasteiger partial charge in [-0.3, -0.25) is 0 Å². The molecular weight excluding hydrogens is 865 g/mol. The summed E-state index contributed by atoms with van der Waals surface area (Å²) in [5, 5.41) is 126. The Morgan fingerprint density at radius 1 is 0.636 bits per heavy atom. The molecule has 8 unspecified atom stereocenters. The lowest BCUT2D eigenvalue weighted by Crippen LogP contribution is -2.65. The maximum absolute atomic E-state index is 11.5. The highest BCUT2D eigenvalue weighted by molar-refractivity contribution is 5.30. The minimum atomic E-state index is -1.81. The van der Waals surface area contributed by atoms with Gasteiger partial charge in [-0.2, -0.15) is 0 Å². The predicted octanol–water partition coefficient (Wildman–Crippen LogP) is -0.0268. The molecule has 7 rings (SSSR count). The minimum absolute atomic E-state index is 0.0113. The van der Waals surface area contributed by atoms with Crippen molar-refractivity contribution in [1.29, 1.82) is 0 Å². The summed E-state index contributed by atoms with van der Waals surface area (Å²) in [5.41, 5.74) is -0.425. The van der Waals surface area contributed by atoms with Crippen molar-refractivity contribution < 1.29 is 89.7 Å². The van der Waals surface area contributed by atoms with Crippen LogP contribution in [-0.2, 0) is 28.4 Å². The number of hydrogen-bond donors (Lipinski definition) is 12. The van der Waals surface area contributed by atoms with E-state index in [1.165, 1.54) is 5.57 Å². The van der Waals surface area contributed by atoms with Crippen LogP contribution in [0.2, 0.25) is 0 Å². The molecule has 7 aliphatic rings. The van der Waals surface area contributed by atoms with Crippen molar-refractivity contribution in [1.82, 2.24) is 0 Å². The van der Waals surface area contributed by atoms with Crippen LogP contribution < -0.4 is 0 Å². The average molecular weight is 947 g/mol. The molecule has 0 aromatic rings. The SMILES string of the molecule is CC(CCC(O[C@@H]1O[C@H](CO)[C@@H](O)[C@H](O)[C@H]1O[C@@H]1O[C@H](CO)[C@@H](O)[C@H](O)[C@H]1O)C(C)(C)O)C1CCC2(C)C3CC=C4C(CC[C@H](O[C@@H]5O[C@H](CO)[C@@H](O)[C@H](O)[C@H]5O)C4(C)C)C3(C)CCC12C. The molecule has 4 aliphatic carbocycles. The Kier molecular flexibility index (Phi) is 15.7. The lowest BCUT2D eigenvalue weighted by molar-refractivity contribution is -0.375. The number of hydrogen-bond acceptors (Lipinski definition) is 18. The van der Waals surface area contributed by atoms with Crippen molar-refractivity contribution in [3.8, 4) is 0 Å². The van der Waals surface area contributed by atoms with Crippen molar-refractivity contribution in [2.45, 2.75) is 223 Å². The van der Waals surface area contributed by atoms with E-state index in [-0.39, 0.29) is 28.3 Å². The van der Waals surface area contributed by atoms with Gasteiger partial charge < -0.3 is 89.7 Å². The third kappa shape index (κ3) is 9.01. The Balaban J connectivity index is 1.04. The fourth-order valence-corrected chi connectivity index (χ4v) is 14.2. The van der Waals surface area contributed by atoms with E-state index in [1.54, 1.807) is 13.8 Å². The Labute approximate surface area is 388 Å². The van der Waals surface area contributed by atoms with Gasteiger partial charge in [0.25, 0.3) is 0 Å². The fraction of sp³-hybridized carbons (Fsp3) is 0.958. The molecule has 382 valence electrons. The van der Waals surface area contributed by atoms with Gasteiger partial charge >= 0.3 is 0 Å². The van der Waals surface area contributed by atoms with Crippen molar-refractivity contribution in [3.63, 3.8) is 0 Å². The minimum Gasteiger partial charge on any atom is -0.394 e. The zero-order valence-electron chi connectivity index (χ0n) is 40.0. The Morgan fingerprint density at radius 3 is 1.71 bits per heavy atom. The van der Waals surface area contributed by atoms with E-state index in [1.807, 2.05) is 0 Å². The van der Waals surface area contributed by atoms with Crippen LogP contribution in [0.4, 0.5) is 0 Å². The van der Waals surface area contributed by atoms with E-state index in [9.17, 15) is 61.3 Å². The molecule has 24 atom stereocenters. The third-order valence-corrected chi connectivity index (χ3v) is 18.6. The van der Waals surface area contributed by atoms with Crippen molar-refractivity contribution >= 4 is 0 Å². The van der Waals surface area contributed by atoms with E-state index in [4.69, 9.17) is 28.4 Å². The number of allylic oxidation sites excluding steroid dienone is 1. The van der Waals surface area contributed by atoms with E-state index in [0.717, 1.165) is 44.9 Å². The lowest BCUT2D eigenvalue weighted by atomic mass is 9.39. The number of rotatable bonds is 14. The summed E-state index contributed by atoms with van der Waals surface area (Å²) >= 11 is 0. The molecule has 0 spiro atoms. The van der Waals surface area contributed by atoms with Gasteiger partial charge in [0.1, 0.15) is 73.2 Å². The van der Waals surface area contributed by atoms with Crippen LogP contribution in [0.1, 0.15) is 113 Å². The van der Waals surface area contributed by atoms with Crippen LogP contribution in [0.3, 0.4) is 0 Å². The molecule has 0 radical (unpaired) electrons. The third-order valence-electron chi connectivity index (χ3n) is 18.6. The second-order valence-corrected chi connectivity index (χ2v) is 22.9. The van der Waals surface area contributed by atoms with Gasteiger partial charge in [-0.25, -0.2) is 0 Å². The Hall–Kier alpha value is -0.980. The molecule has 3 saturated carbocycles. The molecule has 0 aromatic heterocycles. The summed E-state index contributed by atoms with van der Waals surface area (Å²) in [6, 6.07) is 0. The maximum Gasteiger partial charge on any atom is 0.187 e. The fourth-order valence-electron chi connectivity index (χ4n) is 14.2. The molecule has 12 N–H and O–H groups in total. The Bertz CT molecular complexity index is 1670. The second kappa shape index (κ2) is 19.6. The van der Waals surface area contributed by atoms with Crippen LogP contribution in [0.15, 0.2) is 11.6 Å². The standard InChI is InChI=1S/C48H82O18/c1-22(9-13-31(45(4,5)60)65-43-40(37(57)34(54)28(21-51)63-43)66-42-39(59)36(56)33(53)27(20-50)62-42)23-15-16-48(8)29-12-10-24-25(46(29,6)17-18-47(23,48)7)11-14-30(44(24,2)3)64-41-38(58)35(55)32(52)26(19-49)61-41/h10,22-23,25-43,49-60H,9,11-21H2,1-8H3/t22?,23?,25?,26-,27-,28-,29?,30+,31?,32-,33-,34-,35+,36+,37+,38-,39-,40-,41+,42+,43+,46?,47?,48?/m1/s1. The van der Waals surface area contributed by atoms with Gasteiger partial charge in [-0.15, -0.1) is 0 Å². The lowest BCUT2D eigenvalue weighted by Gasteiger charge is -2.66. The number of aliphatic hydroxyl groups is 12. The molecule has 0 amide bonds. The molecule has 3 saturated heterocycles. The first-order valence-electron chi connectivity index (χ1n) is 24.4.